The Hall–Kier alpha value is -2.08. The summed E-state index contributed by atoms with van der Waals surface area (Å²) in [6, 6.07) is 7.36. The molecular formula is C18H24N2O3S. The van der Waals surface area contributed by atoms with Crippen LogP contribution in [0.15, 0.2) is 35.5 Å². The number of thiocarbonyl (C=S) groups is 1. The highest BCUT2D eigenvalue weighted by Gasteiger charge is 2.31. The fraction of sp³-hybridized carbons (Fsp3) is 0.444. The lowest BCUT2D eigenvalue weighted by Gasteiger charge is -2.31. The summed E-state index contributed by atoms with van der Waals surface area (Å²) >= 11 is 5.31. The van der Waals surface area contributed by atoms with Crippen LogP contribution in [0.4, 0.5) is 0 Å². The maximum absolute atomic E-state index is 12.5. The summed E-state index contributed by atoms with van der Waals surface area (Å²) in [5.41, 5.74) is 2.37. The molecule has 0 spiro atoms. The molecule has 0 fully saturated rings. The number of nitrogens with one attached hydrogen (secondary N) is 2. The van der Waals surface area contributed by atoms with Crippen molar-refractivity contribution in [2.75, 3.05) is 13.2 Å². The second kappa shape index (κ2) is 8.68. The zero-order chi connectivity index (χ0) is 17.5. The van der Waals surface area contributed by atoms with Crippen molar-refractivity contribution in [2.24, 2.45) is 0 Å². The van der Waals surface area contributed by atoms with Crippen molar-refractivity contribution in [3.63, 3.8) is 0 Å². The van der Waals surface area contributed by atoms with Gasteiger partial charge in [0.15, 0.2) is 5.11 Å². The van der Waals surface area contributed by atoms with Gasteiger partial charge in [-0.15, -0.1) is 0 Å². The average Bonchev–Trinajstić information content (AvgIpc) is 2.56. The summed E-state index contributed by atoms with van der Waals surface area (Å²) in [4.78, 5) is 12.5. The van der Waals surface area contributed by atoms with E-state index in [9.17, 15) is 4.79 Å². The Morgan fingerprint density at radius 3 is 2.46 bits per heavy atom. The molecule has 2 rings (SSSR count). The van der Waals surface area contributed by atoms with Gasteiger partial charge in [0.25, 0.3) is 0 Å². The number of benzene rings is 1. The lowest BCUT2D eigenvalue weighted by atomic mass is 9.94. The second-order valence-electron chi connectivity index (χ2n) is 5.40. The molecule has 24 heavy (non-hydrogen) atoms. The number of esters is 1. The molecule has 0 unspecified atom stereocenters. The average molecular weight is 348 g/mol. The Morgan fingerprint density at radius 2 is 1.88 bits per heavy atom. The number of hydrogen-bond acceptors (Lipinski definition) is 4. The zero-order valence-electron chi connectivity index (χ0n) is 14.3. The maximum Gasteiger partial charge on any atom is 0.338 e. The van der Waals surface area contributed by atoms with Crippen molar-refractivity contribution >= 4 is 23.3 Å². The van der Waals surface area contributed by atoms with Gasteiger partial charge in [-0.3, -0.25) is 0 Å². The van der Waals surface area contributed by atoms with E-state index >= 15 is 0 Å². The first-order valence-corrected chi connectivity index (χ1v) is 8.71. The number of hydrogen-bond donors (Lipinski definition) is 2. The van der Waals surface area contributed by atoms with Crippen LogP contribution in [-0.4, -0.2) is 24.3 Å². The molecule has 1 aliphatic heterocycles. The van der Waals surface area contributed by atoms with E-state index in [4.69, 9.17) is 21.7 Å². The minimum atomic E-state index is -0.324. The Kier molecular flexibility index (Phi) is 6.61. The van der Waals surface area contributed by atoms with Gasteiger partial charge in [-0.2, -0.15) is 0 Å². The molecule has 1 aliphatic rings. The van der Waals surface area contributed by atoms with E-state index in [-0.39, 0.29) is 12.0 Å². The fourth-order valence-corrected chi connectivity index (χ4v) is 2.93. The van der Waals surface area contributed by atoms with Crippen LogP contribution in [0.25, 0.3) is 0 Å². The van der Waals surface area contributed by atoms with Gasteiger partial charge in [0, 0.05) is 5.70 Å². The molecule has 0 amide bonds. The van der Waals surface area contributed by atoms with E-state index in [1.165, 1.54) is 0 Å². The minimum absolute atomic E-state index is 0.317. The van der Waals surface area contributed by atoms with E-state index in [0.717, 1.165) is 29.9 Å². The Bertz CT molecular complexity index is 626. The van der Waals surface area contributed by atoms with Gasteiger partial charge in [-0.05, 0) is 50.2 Å². The van der Waals surface area contributed by atoms with Crippen molar-refractivity contribution in [1.29, 1.82) is 0 Å². The molecule has 5 nitrogen and oxygen atoms in total. The topological polar surface area (TPSA) is 59.6 Å². The molecule has 1 aromatic carbocycles. The molecule has 1 heterocycles. The monoisotopic (exact) mass is 348 g/mol. The van der Waals surface area contributed by atoms with Crippen molar-refractivity contribution in [3.05, 3.63) is 41.1 Å². The summed E-state index contributed by atoms with van der Waals surface area (Å²) < 4.78 is 10.7. The standard InChI is InChI=1S/C18H24N2O3S/c1-4-7-14-15(17(21)23-6-3)16(20-18(24)19-14)12-8-10-13(11-9-12)22-5-2/h8-11,16H,4-7H2,1-3H3,(H2,19,20,24)/t16-/m1/s1. The lowest BCUT2D eigenvalue weighted by molar-refractivity contribution is -0.139. The van der Waals surface area contributed by atoms with E-state index in [1.807, 2.05) is 31.2 Å². The van der Waals surface area contributed by atoms with Crippen molar-refractivity contribution in [2.45, 2.75) is 39.7 Å². The first-order chi connectivity index (χ1) is 11.6. The van der Waals surface area contributed by atoms with Crippen LogP contribution in [0.5, 0.6) is 5.75 Å². The van der Waals surface area contributed by atoms with Crippen LogP contribution < -0.4 is 15.4 Å². The van der Waals surface area contributed by atoms with Gasteiger partial charge in [0.05, 0.1) is 24.8 Å². The lowest BCUT2D eigenvalue weighted by Crippen LogP contribution is -2.45. The molecule has 6 heteroatoms. The zero-order valence-corrected chi connectivity index (χ0v) is 15.2. The van der Waals surface area contributed by atoms with E-state index in [1.54, 1.807) is 6.92 Å². The molecule has 1 atom stereocenters. The smallest absolute Gasteiger partial charge is 0.338 e. The molecule has 0 aliphatic carbocycles. The van der Waals surface area contributed by atoms with Gasteiger partial charge < -0.3 is 20.1 Å². The van der Waals surface area contributed by atoms with E-state index < -0.39 is 0 Å². The third-order valence-corrected chi connectivity index (χ3v) is 3.89. The summed E-state index contributed by atoms with van der Waals surface area (Å²) in [5.74, 6) is 0.482. The van der Waals surface area contributed by atoms with E-state index in [2.05, 4.69) is 17.6 Å². The second-order valence-corrected chi connectivity index (χ2v) is 5.80. The first kappa shape index (κ1) is 18.3. The highest BCUT2D eigenvalue weighted by Crippen LogP contribution is 2.30. The molecule has 0 saturated carbocycles. The van der Waals surface area contributed by atoms with Crippen LogP contribution in [0.1, 0.15) is 45.2 Å². The molecular weight excluding hydrogens is 324 g/mol. The number of carbonyl (C=O) groups is 1. The SMILES string of the molecule is CCCC1=C(C(=O)OCC)[C@@H](c2ccc(OCC)cc2)NC(=S)N1. The Morgan fingerprint density at radius 1 is 1.17 bits per heavy atom. The fourth-order valence-electron chi connectivity index (χ4n) is 2.69. The number of rotatable bonds is 7. The minimum Gasteiger partial charge on any atom is -0.494 e. The van der Waals surface area contributed by atoms with Crippen LogP contribution in [0.3, 0.4) is 0 Å². The molecule has 1 aromatic rings. The Labute approximate surface area is 148 Å². The van der Waals surface area contributed by atoms with Gasteiger partial charge in [-0.25, -0.2) is 4.79 Å². The van der Waals surface area contributed by atoms with Gasteiger partial charge >= 0.3 is 5.97 Å². The van der Waals surface area contributed by atoms with Gasteiger partial charge in [0.1, 0.15) is 5.75 Å². The van der Waals surface area contributed by atoms with Crippen LogP contribution >= 0.6 is 12.2 Å². The number of carbonyl (C=O) groups excluding carboxylic acids is 1. The summed E-state index contributed by atoms with van der Waals surface area (Å²) in [6.07, 6.45) is 1.65. The number of ether oxygens (including phenoxy) is 2. The summed E-state index contributed by atoms with van der Waals surface area (Å²) in [5, 5.41) is 6.81. The normalized spacial score (nSPS) is 17.1. The van der Waals surface area contributed by atoms with Gasteiger partial charge in [0.2, 0.25) is 0 Å². The molecule has 0 aromatic heterocycles. The third kappa shape index (κ3) is 4.26. The molecule has 0 bridgehead atoms. The van der Waals surface area contributed by atoms with Crippen LogP contribution in [0, 0.1) is 0 Å². The van der Waals surface area contributed by atoms with Crippen molar-refractivity contribution in [3.8, 4) is 5.75 Å². The predicted molar refractivity (Wildman–Crippen MR) is 97.8 cm³/mol. The van der Waals surface area contributed by atoms with Crippen molar-refractivity contribution < 1.29 is 14.3 Å². The van der Waals surface area contributed by atoms with Crippen molar-refractivity contribution in [1.82, 2.24) is 10.6 Å². The molecule has 2 N–H and O–H groups in total. The third-order valence-electron chi connectivity index (χ3n) is 3.67. The van der Waals surface area contributed by atoms with Crippen LogP contribution in [-0.2, 0) is 9.53 Å². The Balaban J connectivity index is 2.41. The highest BCUT2D eigenvalue weighted by atomic mass is 32.1. The maximum atomic E-state index is 12.5. The number of allylic oxidation sites excluding steroid dienone is 1. The quantitative estimate of drug-likeness (QED) is 0.583. The summed E-state index contributed by atoms with van der Waals surface area (Å²) in [7, 11) is 0. The molecule has 0 saturated heterocycles. The molecule has 130 valence electrons. The van der Waals surface area contributed by atoms with Gasteiger partial charge in [-0.1, -0.05) is 25.5 Å². The van der Waals surface area contributed by atoms with Crippen LogP contribution in [0.2, 0.25) is 0 Å². The largest absolute Gasteiger partial charge is 0.494 e. The summed E-state index contributed by atoms with van der Waals surface area (Å²) in [6.45, 7) is 6.76. The highest BCUT2D eigenvalue weighted by molar-refractivity contribution is 7.80. The van der Waals surface area contributed by atoms with E-state index in [0.29, 0.717) is 23.9 Å². The predicted octanol–water partition coefficient (Wildman–Crippen LogP) is 3.22. The molecule has 0 radical (unpaired) electrons. The first-order valence-electron chi connectivity index (χ1n) is 8.31.